The number of carbonyl (C=O) groups is 1. The summed E-state index contributed by atoms with van der Waals surface area (Å²) in [5.74, 6) is -1.59. The second-order valence-corrected chi connectivity index (χ2v) is 5.98. The van der Waals surface area contributed by atoms with Gasteiger partial charge in [-0.25, -0.2) is 9.18 Å². The first-order chi connectivity index (χ1) is 9.81. The van der Waals surface area contributed by atoms with Crippen molar-refractivity contribution in [1.82, 2.24) is 0 Å². The summed E-state index contributed by atoms with van der Waals surface area (Å²) in [7, 11) is 0. The van der Waals surface area contributed by atoms with E-state index in [9.17, 15) is 14.3 Å². The Labute approximate surface area is 123 Å². The SMILES string of the molecule is CC1CCC(O)(CNc2cc(F)c(C(=O)O)cc2N)CC1. The van der Waals surface area contributed by atoms with Crippen LogP contribution in [0.2, 0.25) is 0 Å². The molecule has 0 heterocycles. The van der Waals surface area contributed by atoms with Gasteiger partial charge in [0, 0.05) is 6.54 Å². The minimum Gasteiger partial charge on any atom is -0.478 e. The van der Waals surface area contributed by atoms with E-state index >= 15 is 0 Å². The summed E-state index contributed by atoms with van der Waals surface area (Å²) in [6.45, 7) is 2.43. The minimum absolute atomic E-state index is 0.154. The van der Waals surface area contributed by atoms with Crippen LogP contribution >= 0.6 is 0 Å². The third-order valence-corrected chi connectivity index (χ3v) is 4.18. The molecule has 1 aromatic carbocycles. The van der Waals surface area contributed by atoms with Crippen molar-refractivity contribution in [1.29, 1.82) is 0 Å². The normalized spacial score (nSPS) is 25.6. The largest absolute Gasteiger partial charge is 0.478 e. The van der Waals surface area contributed by atoms with Crippen LogP contribution in [-0.2, 0) is 0 Å². The van der Waals surface area contributed by atoms with E-state index < -0.39 is 23.0 Å². The molecule has 0 spiro atoms. The Hall–Kier alpha value is -1.82. The highest BCUT2D eigenvalue weighted by molar-refractivity contribution is 5.90. The van der Waals surface area contributed by atoms with E-state index in [0.29, 0.717) is 24.4 Å². The number of aromatic carboxylic acids is 1. The number of carboxylic acid groups (broad SMARTS) is 1. The molecule has 6 heteroatoms. The fourth-order valence-electron chi connectivity index (χ4n) is 2.64. The molecule has 5 N–H and O–H groups in total. The molecule has 2 rings (SSSR count). The molecule has 5 nitrogen and oxygen atoms in total. The molecule has 0 aromatic heterocycles. The number of nitrogen functional groups attached to an aromatic ring is 1. The summed E-state index contributed by atoms with van der Waals surface area (Å²) in [6, 6.07) is 2.15. The number of halogens is 1. The van der Waals surface area contributed by atoms with Gasteiger partial charge in [-0.1, -0.05) is 6.92 Å². The average molecular weight is 296 g/mol. The van der Waals surface area contributed by atoms with Crippen LogP contribution in [0.1, 0.15) is 43.0 Å². The summed E-state index contributed by atoms with van der Waals surface area (Å²) < 4.78 is 13.7. The molecule has 0 unspecified atom stereocenters. The quantitative estimate of drug-likeness (QED) is 0.640. The van der Waals surface area contributed by atoms with Gasteiger partial charge in [-0.05, 0) is 43.7 Å². The maximum absolute atomic E-state index is 13.7. The molecule has 0 radical (unpaired) electrons. The van der Waals surface area contributed by atoms with Gasteiger partial charge in [0.25, 0.3) is 0 Å². The predicted molar refractivity (Wildman–Crippen MR) is 78.8 cm³/mol. The summed E-state index contributed by atoms with van der Waals surface area (Å²) >= 11 is 0. The number of carboxylic acids is 1. The van der Waals surface area contributed by atoms with Gasteiger partial charge >= 0.3 is 5.97 Å². The van der Waals surface area contributed by atoms with Crippen LogP contribution in [0.25, 0.3) is 0 Å². The molecule has 1 aromatic rings. The van der Waals surface area contributed by atoms with Crippen LogP contribution in [0, 0.1) is 11.7 Å². The third-order valence-electron chi connectivity index (χ3n) is 4.18. The number of benzene rings is 1. The standard InChI is InChI=1S/C15H21FN2O3/c1-9-2-4-15(21,5-3-9)8-18-13-7-11(16)10(14(19)20)6-12(13)17/h6-7,9,18,21H,2-5,8,17H2,1H3,(H,19,20). The lowest BCUT2D eigenvalue weighted by Gasteiger charge is -2.35. The Morgan fingerprint density at radius 1 is 1.48 bits per heavy atom. The first-order valence-electron chi connectivity index (χ1n) is 7.09. The van der Waals surface area contributed by atoms with E-state index in [0.717, 1.165) is 25.0 Å². The molecule has 0 atom stereocenters. The van der Waals surface area contributed by atoms with E-state index in [-0.39, 0.29) is 12.2 Å². The van der Waals surface area contributed by atoms with Crippen molar-refractivity contribution in [3.05, 3.63) is 23.5 Å². The summed E-state index contributed by atoms with van der Waals surface area (Å²) in [4.78, 5) is 10.8. The van der Waals surface area contributed by atoms with Gasteiger partial charge in [0.1, 0.15) is 5.82 Å². The van der Waals surface area contributed by atoms with Crippen molar-refractivity contribution in [3.8, 4) is 0 Å². The number of hydrogen-bond donors (Lipinski definition) is 4. The maximum Gasteiger partial charge on any atom is 0.338 e. The Bertz CT molecular complexity index is 540. The van der Waals surface area contributed by atoms with Crippen LogP contribution in [0.4, 0.5) is 15.8 Å². The molecule has 0 saturated heterocycles. The van der Waals surface area contributed by atoms with Crippen LogP contribution in [0.3, 0.4) is 0 Å². The number of anilines is 2. The van der Waals surface area contributed by atoms with Gasteiger partial charge in [0.15, 0.2) is 0 Å². The molecule has 0 aliphatic heterocycles. The van der Waals surface area contributed by atoms with Gasteiger partial charge in [-0.15, -0.1) is 0 Å². The monoisotopic (exact) mass is 296 g/mol. The lowest BCUT2D eigenvalue weighted by atomic mass is 9.79. The van der Waals surface area contributed by atoms with E-state index in [1.807, 2.05) is 0 Å². The highest BCUT2D eigenvalue weighted by Gasteiger charge is 2.31. The third kappa shape index (κ3) is 3.64. The lowest BCUT2D eigenvalue weighted by molar-refractivity contribution is 0.00501. The topological polar surface area (TPSA) is 95.6 Å². The van der Waals surface area contributed by atoms with Gasteiger partial charge < -0.3 is 21.3 Å². The second kappa shape index (κ2) is 5.89. The van der Waals surface area contributed by atoms with E-state index in [4.69, 9.17) is 10.8 Å². The molecule has 1 aliphatic rings. The first kappa shape index (κ1) is 15.6. The molecule has 21 heavy (non-hydrogen) atoms. The molecule has 0 amide bonds. The number of nitrogens with two attached hydrogens (primary N) is 1. The Balaban J connectivity index is 2.07. The molecule has 1 saturated carbocycles. The van der Waals surface area contributed by atoms with Crippen LogP contribution in [-0.4, -0.2) is 28.3 Å². The zero-order valence-corrected chi connectivity index (χ0v) is 12.0. The highest BCUT2D eigenvalue weighted by Crippen LogP contribution is 2.32. The summed E-state index contributed by atoms with van der Waals surface area (Å²) in [5.41, 5.74) is 4.92. The molecule has 1 fully saturated rings. The summed E-state index contributed by atoms with van der Waals surface area (Å²) in [5, 5.41) is 22.2. The van der Waals surface area contributed by atoms with Gasteiger partial charge in [0.2, 0.25) is 0 Å². The van der Waals surface area contributed by atoms with Crippen molar-refractivity contribution in [2.45, 2.75) is 38.2 Å². The number of hydrogen-bond acceptors (Lipinski definition) is 4. The van der Waals surface area contributed by atoms with E-state index in [1.165, 1.54) is 0 Å². The average Bonchev–Trinajstić information content (AvgIpc) is 2.43. The number of aliphatic hydroxyl groups is 1. The zero-order chi connectivity index (χ0) is 15.6. The van der Waals surface area contributed by atoms with Gasteiger partial charge in [-0.3, -0.25) is 0 Å². The highest BCUT2D eigenvalue weighted by atomic mass is 19.1. The Morgan fingerprint density at radius 2 is 2.10 bits per heavy atom. The van der Waals surface area contributed by atoms with Gasteiger partial charge in [0.05, 0.1) is 22.5 Å². The smallest absolute Gasteiger partial charge is 0.338 e. The van der Waals surface area contributed by atoms with Crippen molar-refractivity contribution in [2.75, 3.05) is 17.6 Å². The first-order valence-corrected chi connectivity index (χ1v) is 7.09. The Morgan fingerprint density at radius 3 is 2.67 bits per heavy atom. The molecular formula is C15H21FN2O3. The Kier molecular flexibility index (Phi) is 4.37. The number of rotatable bonds is 4. The van der Waals surface area contributed by atoms with Crippen molar-refractivity contribution in [2.24, 2.45) is 5.92 Å². The fraction of sp³-hybridized carbons (Fsp3) is 0.533. The molecule has 116 valence electrons. The van der Waals surface area contributed by atoms with Crippen molar-refractivity contribution < 1.29 is 19.4 Å². The van der Waals surface area contributed by atoms with Crippen LogP contribution in [0.15, 0.2) is 12.1 Å². The molecule has 1 aliphatic carbocycles. The van der Waals surface area contributed by atoms with Crippen LogP contribution < -0.4 is 11.1 Å². The molecule has 0 bridgehead atoms. The second-order valence-electron chi connectivity index (χ2n) is 5.98. The summed E-state index contributed by atoms with van der Waals surface area (Å²) in [6.07, 6.45) is 3.30. The molecular weight excluding hydrogens is 275 g/mol. The van der Waals surface area contributed by atoms with Gasteiger partial charge in [-0.2, -0.15) is 0 Å². The van der Waals surface area contributed by atoms with Crippen molar-refractivity contribution in [3.63, 3.8) is 0 Å². The predicted octanol–water partition coefficient (Wildman–Crippen LogP) is 2.46. The minimum atomic E-state index is -1.36. The van der Waals surface area contributed by atoms with E-state index in [1.54, 1.807) is 0 Å². The van der Waals surface area contributed by atoms with Crippen molar-refractivity contribution >= 4 is 17.3 Å². The number of nitrogens with one attached hydrogen (secondary N) is 1. The van der Waals surface area contributed by atoms with Crippen LogP contribution in [0.5, 0.6) is 0 Å². The lowest BCUT2D eigenvalue weighted by Crippen LogP contribution is -2.40. The fourth-order valence-corrected chi connectivity index (χ4v) is 2.64. The maximum atomic E-state index is 13.7. The van der Waals surface area contributed by atoms with E-state index in [2.05, 4.69) is 12.2 Å². The zero-order valence-electron chi connectivity index (χ0n) is 12.0.